The van der Waals surface area contributed by atoms with Gasteiger partial charge in [0.1, 0.15) is 6.61 Å². The van der Waals surface area contributed by atoms with Crippen molar-refractivity contribution in [1.82, 2.24) is 4.90 Å². The lowest BCUT2D eigenvalue weighted by Crippen LogP contribution is -2.29. The van der Waals surface area contributed by atoms with Crippen molar-refractivity contribution in [1.29, 1.82) is 0 Å². The van der Waals surface area contributed by atoms with Crippen molar-refractivity contribution in [2.75, 3.05) is 40.5 Å². The monoisotopic (exact) mass is 784 g/mol. The second kappa shape index (κ2) is 34.4. The Kier molecular flexibility index (Phi) is 32.0. The predicted octanol–water partition coefficient (Wildman–Crippen LogP) is 11.0. The summed E-state index contributed by atoms with van der Waals surface area (Å²) < 4.78 is 39.2. The summed E-state index contributed by atoms with van der Waals surface area (Å²) in [5.74, 6) is -0.877. The maximum absolute atomic E-state index is 12.7. The average molecular weight is 784 g/mol. The maximum atomic E-state index is 12.7. The topological polar surface area (TPSA) is 124 Å². The van der Waals surface area contributed by atoms with Crippen LogP contribution in [0.4, 0.5) is 0 Å². The van der Waals surface area contributed by atoms with Gasteiger partial charge < -0.3 is 24.0 Å². The zero-order chi connectivity index (χ0) is 39.5. The second-order valence-electron chi connectivity index (χ2n) is 14.9. The first-order valence-electron chi connectivity index (χ1n) is 21.4. The van der Waals surface area contributed by atoms with E-state index < -0.39 is 26.5 Å². The van der Waals surface area contributed by atoms with Crippen LogP contribution < -0.4 is 0 Å². The van der Waals surface area contributed by atoms with Gasteiger partial charge in [0.15, 0.2) is 6.10 Å². The molecule has 0 saturated carbocycles. The van der Waals surface area contributed by atoms with Gasteiger partial charge in [0, 0.05) is 19.4 Å². The van der Waals surface area contributed by atoms with Gasteiger partial charge in [0.05, 0.1) is 25.4 Å². The van der Waals surface area contributed by atoms with E-state index in [2.05, 4.69) is 50.3 Å². The van der Waals surface area contributed by atoms with Gasteiger partial charge >= 0.3 is 19.8 Å². The van der Waals surface area contributed by atoms with Crippen LogP contribution in [0.5, 0.6) is 0 Å². The number of unbranched alkanes of at least 4 members (excludes halogenated alkanes) is 15. The number of epoxide rings is 1. The van der Waals surface area contributed by atoms with Crippen LogP contribution in [0.15, 0.2) is 36.5 Å². The van der Waals surface area contributed by atoms with Gasteiger partial charge in [0.25, 0.3) is 0 Å². The fraction of sp³-hybridized carbons (Fsp3) is 0.814. The lowest BCUT2D eigenvalue weighted by molar-refractivity contribution is -0.161. The maximum Gasteiger partial charge on any atom is 0.472 e. The molecule has 1 N–H and O–H groups in total. The van der Waals surface area contributed by atoms with Gasteiger partial charge in [-0.05, 0) is 65.5 Å². The molecule has 1 aliphatic rings. The molecule has 10 nitrogen and oxygen atoms in total. The first kappa shape index (κ1) is 50.2. The minimum Gasteiger partial charge on any atom is -0.462 e. The minimum atomic E-state index is -4.38. The van der Waals surface area contributed by atoms with Crippen LogP contribution in [0.3, 0.4) is 0 Å². The number of esters is 2. The third-order valence-corrected chi connectivity index (χ3v) is 10.4. The van der Waals surface area contributed by atoms with E-state index in [9.17, 15) is 19.0 Å². The number of rotatable bonds is 38. The van der Waals surface area contributed by atoms with Crippen molar-refractivity contribution in [2.45, 2.75) is 186 Å². The Balaban J connectivity index is 2.32. The summed E-state index contributed by atoms with van der Waals surface area (Å²) in [7, 11) is -0.750. The fourth-order valence-corrected chi connectivity index (χ4v) is 6.69. The number of nitrogens with zero attached hydrogens (tertiary/aromatic N) is 1. The van der Waals surface area contributed by atoms with Crippen molar-refractivity contribution in [3.05, 3.63) is 36.5 Å². The molecule has 54 heavy (non-hydrogen) atoms. The molecule has 0 aliphatic carbocycles. The van der Waals surface area contributed by atoms with Crippen LogP contribution >= 0.6 is 7.82 Å². The number of carbonyl (C=O) groups excluding carboxylic acids is 2. The molecule has 1 heterocycles. The molecule has 0 aromatic carbocycles. The summed E-state index contributed by atoms with van der Waals surface area (Å²) >= 11 is 0. The molecule has 0 amide bonds. The quantitative estimate of drug-likeness (QED) is 0.0213. The number of allylic oxidation sites excluding steroid dienone is 5. The van der Waals surface area contributed by atoms with Crippen molar-refractivity contribution in [3.63, 3.8) is 0 Å². The highest BCUT2D eigenvalue weighted by Crippen LogP contribution is 2.43. The Morgan fingerprint density at radius 2 is 1.24 bits per heavy atom. The third-order valence-electron chi connectivity index (χ3n) is 9.37. The normalized spacial score (nSPS) is 17.5. The van der Waals surface area contributed by atoms with Crippen LogP contribution in [0, 0.1) is 0 Å². The smallest absolute Gasteiger partial charge is 0.462 e. The summed E-state index contributed by atoms with van der Waals surface area (Å²) in [6.07, 6.45) is 37.8. The molecule has 4 unspecified atom stereocenters. The Bertz CT molecular complexity index is 1060. The van der Waals surface area contributed by atoms with Crippen LogP contribution in [-0.4, -0.2) is 80.5 Å². The number of hydrogen-bond donors (Lipinski definition) is 1. The van der Waals surface area contributed by atoms with Gasteiger partial charge in [-0.15, -0.1) is 0 Å². The molecule has 11 heteroatoms. The first-order valence-corrected chi connectivity index (χ1v) is 22.9. The molecule has 1 aliphatic heterocycles. The number of phosphoric acid groups is 1. The number of ether oxygens (including phenoxy) is 3. The van der Waals surface area contributed by atoms with Gasteiger partial charge in [0.2, 0.25) is 0 Å². The zero-order valence-corrected chi connectivity index (χ0v) is 35.5. The molecule has 0 aromatic heterocycles. The van der Waals surface area contributed by atoms with Crippen LogP contribution in [0.25, 0.3) is 0 Å². The number of carbonyl (C=O) groups is 2. The molecule has 0 bridgehead atoms. The second-order valence-corrected chi connectivity index (χ2v) is 16.4. The number of phosphoric ester groups is 1. The Morgan fingerprint density at radius 1 is 0.685 bits per heavy atom. The highest BCUT2D eigenvalue weighted by atomic mass is 31.2. The molecule has 4 atom stereocenters. The van der Waals surface area contributed by atoms with E-state index in [-0.39, 0.29) is 44.2 Å². The van der Waals surface area contributed by atoms with Crippen LogP contribution in [0.1, 0.15) is 168 Å². The third kappa shape index (κ3) is 32.4. The number of likely N-dealkylation sites (N-methyl/N-ethyl adjacent to an activating group) is 1. The molecule has 1 fully saturated rings. The number of hydrogen-bond acceptors (Lipinski definition) is 9. The van der Waals surface area contributed by atoms with E-state index in [1.165, 1.54) is 89.9 Å². The lowest BCUT2D eigenvalue weighted by Gasteiger charge is -2.20. The molecular weight excluding hydrogens is 705 g/mol. The molecule has 1 saturated heterocycles. The van der Waals surface area contributed by atoms with Gasteiger partial charge in [-0.25, -0.2) is 4.57 Å². The predicted molar refractivity (Wildman–Crippen MR) is 219 cm³/mol. The molecule has 0 radical (unpaired) electrons. The van der Waals surface area contributed by atoms with E-state index in [1.807, 2.05) is 19.0 Å². The largest absolute Gasteiger partial charge is 0.472 e. The summed E-state index contributed by atoms with van der Waals surface area (Å²) in [6.45, 7) is 4.20. The summed E-state index contributed by atoms with van der Waals surface area (Å²) in [5.41, 5.74) is 0. The molecule has 0 aromatic rings. The van der Waals surface area contributed by atoms with E-state index >= 15 is 0 Å². The fourth-order valence-electron chi connectivity index (χ4n) is 5.95. The van der Waals surface area contributed by atoms with E-state index in [0.29, 0.717) is 13.0 Å². The van der Waals surface area contributed by atoms with Crippen molar-refractivity contribution < 1.29 is 42.3 Å². The Hall–Kier alpha value is -1.81. The molecule has 314 valence electrons. The van der Waals surface area contributed by atoms with Crippen molar-refractivity contribution >= 4 is 19.8 Å². The molecule has 1 rings (SSSR count). The Morgan fingerprint density at radius 3 is 1.87 bits per heavy atom. The highest BCUT2D eigenvalue weighted by molar-refractivity contribution is 7.47. The van der Waals surface area contributed by atoms with Crippen LogP contribution in [-0.2, 0) is 37.4 Å². The standard InChI is InChI=1S/C43H78NO9P/c1-5-7-9-11-13-15-17-19-21-23-25-27-29-33-42(45)49-37-39(38-51-54(47,48)50-36-35-44(3)4)52-43(46)34-30-32-41-40(53-41)31-28-26-24-22-20-18-16-14-12-10-8-6-2/h14,16,20,22,26,28,39-41H,5-13,15,17-19,21,23-25,27,29-38H2,1-4H3,(H,47,48)/b16-14-,22-20-,28-26-. The molecular formula is C43H78NO9P. The lowest BCUT2D eigenvalue weighted by atomic mass is 10.0. The van der Waals surface area contributed by atoms with Crippen molar-refractivity contribution in [3.8, 4) is 0 Å². The highest BCUT2D eigenvalue weighted by Gasteiger charge is 2.37. The van der Waals surface area contributed by atoms with E-state index in [1.54, 1.807) is 0 Å². The van der Waals surface area contributed by atoms with Gasteiger partial charge in [-0.3, -0.25) is 18.6 Å². The average Bonchev–Trinajstić information content (AvgIpc) is 3.89. The van der Waals surface area contributed by atoms with E-state index in [4.69, 9.17) is 23.3 Å². The van der Waals surface area contributed by atoms with E-state index in [0.717, 1.165) is 44.9 Å². The first-order chi connectivity index (χ1) is 26.2. The Labute approximate surface area is 329 Å². The SMILES string of the molecule is CCCCC/C=C\C/C=C\C/C=C\CC1OC1CCCC(=O)OC(COC(=O)CCCCCCCCCCCCCCC)COP(=O)(O)OCCN(C)C. The minimum absolute atomic E-state index is 0.00641. The van der Waals surface area contributed by atoms with Gasteiger partial charge in [-0.2, -0.15) is 0 Å². The zero-order valence-electron chi connectivity index (χ0n) is 34.6. The summed E-state index contributed by atoms with van der Waals surface area (Å²) in [4.78, 5) is 37.1. The van der Waals surface area contributed by atoms with Gasteiger partial charge in [-0.1, -0.05) is 140 Å². The summed E-state index contributed by atoms with van der Waals surface area (Å²) in [6, 6.07) is 0. The van der Waals surface area contributed by atoms with Crippen molar-refractivity contribution in [2.24, 2.45) is 0 Å². The molecule has 0 spiro atoms. The van der Waals surface area contributed by atoms with Crippen LogP contribution in [0.2, 0.25) is 0 Å². The summed E-state index contributed by atoms with van der Waals surface area (Å²) in [5, 5.41) is 0.